The van der Waals surface area contributed by atoms with Gasteiger partial charge in [0.25, 0.3) is 0 Å². The number of imidazole rings is 1. The van der Waals surface area contributed by atoms with Crippen LogP contribution in [0, 0.1) is 0 Å². The number of aryl methyl sites for hydroxylation is 1. The lowest BCUT2D eigenvalue weighted by molar-refractivity contribution is 0.476. The summed E-state index contributed by atoms with van der Waals surface area (Å²) >= 11 is 0. The van der Waals surface area contributed by atoms with Gasteiger partial charge in [0.1, 0.15) is 17.4 Å². The van der Waals surface area contributed by atoms with Gasteiger partial charge in [-0.25, -0.2) is 9.97 Å². The molecule has 4 rings (SSSR count). The third kappa shape index (κ3) is 3.31. The molecule has 0 fully saturated rings. The summed E-state index contributed by atoms with van der Waals surface area (Å²) < 4.78 is 3.91. The van der Waals surface area contributed by atoms with E-state index in [0.29, 0.717) is 6.54 Å². The van der Waals surface area contributed by atoms with E-state index in [-0.39, 0.29) is 5.75 Å². The fourth-order valence-electron chi connectivity index (χ4n) is 3.46. The molecule has 0 bridgehead atoms. The van der Waals surface area contributed by atoms with Crippen LogP contribution in [0.15, 0.2) is 48.8 Å². The first-order valence-electron chi connectivity index (χ1n) is 9.48. The maximum atomic E-state index is 9.86. The number of benzene rings is 1. The Balaban J connectivity index is 1.80. The number of aromatic nitrogens is 5. The minimum atomic E-state index is 0.205. The molecule has 144 valence electrons. The number of hydrogen-bond acceptors (Lipinski definition) is 5. The molecule has 0 aliphatic carbocycles. The third-order valence-electron chi connectivity index (χ3n) is 4.91. The monoisotopic (exact) mass is 376 g/mol. The van der Waals surface area contributed by atoms with Crippen LogP contribution in [0.4, 0.5) is 5.82 Å². The Bertz CT molecular complexity index is 1090. The van der Waals surface area contributed by atoms with Crippen LogP contribution in [0.1, 0.15) is 19.5 Å². The van der Waals surface area contributed by atoms with Crippen molar-refractivity contribution in [3.05, 3.63) is 54.5 Å². The number of aromatic hydroxyl groups is 1. The molecule has 7 heteroatoms. The standard InChI is InChI=1S/C21H24N6O/c1-4-26(5-2)20-9-6-15(13-22-20)21-23-18-12-17(28)7-8-19(18)27(21)14-16-10-11-25(3)24-16/h6-13,28H,4-5,14H2,1-3H3. The number of nitrogens with zero attached hydrogens (tertiary/aromatic N) is 6. The van der Waals surface area contributed by atoms with Crippen LogP contribution in [0.3, 0.4) is 0 Å². The molecule has 0 spiro atoms. The Hall–Kier alpha value is -3.35. The summed E-state index contributed by atoms with van der Waals surface area (Å²) in [5.41, 5.74) is 3.58. The van der Waals surface area contributed by atoms with Crippen molar-refractivity contribution in [1.29, 1.82) is 0 Å². The highest BCUT2D eigenvalue weighted by atomic mass is 16.3. The van der Waals surface area contributed by atoms with Crippen molar-refractivity contribution in [2.75, 3.05) is 18.0 Å². The Kier molecular flexibility index (Phi) is 4.73. The zero-order chi connectivity index (χ0) is 19.7. The first kappa shape index (κ1) is 18.0. The van der Waals surface area contributed by atoms with Gasteiger partial charge < -0.3 is 14.6 Å². The molecule has 0 saturated carbocycles. The van der Waals surface area contributed by atoms with Crippen molar-refractivity contribution in [1.82, 2.24) is 24.3 Å². The third-order valence-corrected chi connectivity index (χ3v) is 4.91. The predicted molar refractivity (Wildman–Crippen MR) is 110 cm³/mol. The van der Waals surface area contributed by atoms with Gasteiger partial charge in [-0.1, -0.05) is 0 Å². The average Bonchev–Trinajstić information content (AvgIpc) is 3.27. The minimum Gasteiger partial charge on any atom is -0.508 e. The summed E-state index contributed by atoms with van der Waals surface area (Å²) in [5, 5.41) is 14.4. The van der Waals surface area contributed by atoms with Crippen molar-refractivity contribution in [2.24, 2.45) is 7.05 Å². The van der Waals surface area contributed by atoms with Crippen LogP contribution in [-0.4, -0.2) is 42.5 Å². The molecular weight excluding hydrogens is 352 g/mol. The van der Waals surface area contributed by atoms with Gasteiger partial charge in [0.2, 0.25) is 0 Å². The van der Waals surface area contributed by atoms with Gasteiger partial charge in [-0.05, 0) is 44.2 Å². The predicted octanol–water partition coefficient (Wildman–Crippen LogP) is 3.43. The fourth-order valence-corrected chi connectivity index (χ4v) is 3.46. The summed E-state index contributed by atoms with van der Waals surface area (Å²) in [7, 11) is 1.91. The van der Waals surface area contributed by atoms with Crippen molar-refractivity contribution >= 4 is 16.9 Å². The lowest BCUT2D eigenvalue weighted by Gasteiger charge is -2.19. The van der Waals surface area contributed by atoms with E-state index >= 15 is 0 Å². The van der Waals surface area contributed by atoms with Crippen LogP contribution in [0.25, 0.3) is 22.4 Å². The summed E-state index contributed by atoms with van der Waals surface area (Å²) in [6.45, 7) is 6.67. The van der Waals surface area contributed by atoms with Crippen molar-refractivity contribution < 1.29 is 5.11 Å². The van der Waals surface area contributed by atoms with E-state index in [2.05, 4.69) is 39.5 Å². The molecule has 0 aliphatic heterocycles. The lowest BCUT2D eigenvalue weighted by atomic mass is 10.2. The number of fused-ring (bicyclic) bond motifs is 1. The summed E-state index contributed by atoms with van der Waals surface area (Å²) in [6, 6.07) is 11.3. The van der Waals surface area contributed by atoms with Crippen LogP contribution < -0.4 is 4.90 Å². The summed E-state index contributed by atoms with van der Waals surface area (Å²) in [4.78, 5) is 11.6. The topological polar surface area (TPSA) is 72.0 Å². The van der Waals surface area contributed by atoms with E-state index in [9.17, 15) is 5.11 Å². The second kappa shape index (κ2) is 7.34. The Morgan fingerprint density at radius 2 is 1.89 bits per heavy atom. The van der Waals surface area contributed by atoms with Crippen molar-refractivity contribution in [3.8, 4) is 17.1 Å². The van der Waals surface area contributed by atoms with Gasteiger partial charge in [-0.3, -0.25) is 4.68 Å². The SMILES string of the molecule is CCN(CC)c1ccc(-c2nc3cc(O)ccc3n2Cc2ccn(C)n2)cn1. The first-order chi connectivity index (χ1) is 13.6. The molecule has 0 saturated heterocycles. The molecule has 1 aromatic carbocycles. The molecular formula is C21H24N6O. The number of rotatable bonds is 6. The molecule has 0 radical (unpaired) electrons. The molecule has 3 aromatic heterocycles. The number of pyridine rings is 1. The lowest BCUT2D eigenvalue weighted by Crippen LogP contribution is -2.22. The summed E-state index contributed by atoms with van der Waals surface area (Å²) in [6.07, 6.45) is 3.80. The van der Waals surface area contributed by atoms with Crippen molar-refractivity contribution in [2.45, 2.75) is 20.4 Å². The maximum Gasteiger partial charge on any atom is 0.143 e. The second-order valence-corrected chi connectivity index (χ2v) is 6.75. The average molecular weight is 376 g/mol. The molecule has 28 heavy (non-hydrogen) atoms. The van der Waals surface area contributed by atoms with Crippen molar-refractivity contribution in [3.63, 3.8) is 0 Å². The molecule has 0 unspecified atom stereocenters. The van der Waals surface area contributed by atoms with Crippen LogP contribution in [0.2, 0.25) is 0 Å². The normalized spacial score (nSPS) is 11.2. The van der Waals surface area contributed by atoms with Gasteiger partial charge in [0.05, 0.1) is 23.3 Å². The van der Waals surface area contributed by atoms with E-state index in [0.717, 1.165) is 47.0 Å². The quantitative estimate of drug-likeness (QED) is 0.558. The van der Waals surface area contributed by atoms with E-state index in [1.807, 2.05) is 37.6 Å². The Morgan fingerprint density at radius 3 is 2.54 bits per heavy atom. The van der Waals surface area contributed by atoms with Gasteiger partial charge in [-0.15, -0.1) is 0 Å². The molecule has 0 aliphatic rings. The van der Waals surface area contributed by atoms with Gasteiger partial charge in [0, 0.05) is 44.2 Å². The van der Waals surface area contributed by atoms with Gasteiger partial charge >= 0.3 is 0 Å². The highest BCUT2D eigenvalue weighted by molar-refractivity contribution is 5.82. The highest BCUT2D eigenvalue weighted by Gasteiger charge is 2.15. The Labute approximate surface area is 163 Å². The fraction of sp³-hybridized carbons (Fsp3) is 0.286. The van der Waals surface area contributed by atoms with Crippen LogP contribution in [-0.2, 0) is 13.6 Å². The number of anilines is 1. The van der Waals surface area contributed by atoms with E-state index < -0.39 is 0 Å². The smallest absolute Gasteiger partial charge is 0.143 e. The number of phenolic OH excluding ortho intramolecular Hbond substituents is 1. The Morgan fingerprint density at radius 1 is 1.07 bits per heavy atom. The number of phenols is 1. The first-order valence-corrected chi connectivity index (χ1v) is 9.48. The maximum absolute atomic E-state index is 9.86. The van der Waals surface area contributed by atoms with Gasteiger partial charge in [0.15, 0.2) is 0 Å². The molecule has 7 nitrogen and oxygen atoms in total. The minimum absolute atomic E-state index is 0.205. The summed E-state index contributed by atoms with van der Waals surface area (Å²) in [5.74, 6) is 1.97. The highest BCUT2D eigenvalue weighted by Crippen LogP contribution is 2.28. The number of hydrogen-bond donors (Lipinski definition) is 1. The molecule has 4 aromatic rings. The van der Waals surface area contributed by atoms with E-state index in [1.54, 1.807) is 16.8 Å². The zero-order valence-electron chi connectivity index (χ0n) is 16.4. The molecule has 0 atom stereocenters. The molecule has 1 N–H and O–H groups in total. The van der Waals surface area contributed by atoms with E-state index in [4.69, 9.17) is 4.98 Å². The molecule has 0 amide bonds. The van der Waals surface area contributed by atoms with Crippen LogP contribution in [0.5, 0.6) is 5.75 Å². The largest absolute Gasteiger partial charge is 0.508 e. The van der Waals surface area contributed by atoms with Crippen LogP contribution >= 0.6 is 0 Å². The molecule has 3 heterocycles. The second-order valence-electron chi connectivity index (χ2n) is 6.75. The van der Waals surface area contributed by atoms with E-state index in [1.165, 1.54) is 0 Å². The van der Waals surface area contributed by atoms with Gasteiger partial charge in [-0.2, -0.15) is 5.10 Å². The zero-order valence-corrected chi connectivity index (χ0v) is 16.4.